The lowest BCUT2D eigenvalue weighted by Gasteiger charge is -2.33. The Kier molecular flexibility index (Phi) is 4.48. The lowest BCUT2D eigenvalue weighted by Crippen LogP contribution is -2.47. The highest BCUT2D eigenvalue weighted by Crippen LogP contribution is 2.30. The monoisotopic (exact) mass is 350 g/mol. The number of hydrogen-bond donors (Lipinski definition) is 0. The maximum absolute atomic E-state index is 12.4. The Balaban J connectivity index is 1.85. The maximum atomic E-state index is 12.4. The van der Waals surface area contributed by atoms with Crippen molar-refractivity contribution in [1.82, 2.24) is 4.90 Å². The molecule has 0 radical (unpaired) electrons. The Morgan fingerprint density at radius 1 is 1.25 bits per heavy atom. The van der Waals surface area contributed by atoms with Crippen molar-refractivity contribution in [3.05, 3.63) is 29.8 Å². The molecule has 7 heteroatoms. The van der Waals surface area contributed by atoms with Crippen molar-refractivity contribution in [2.24, 2.45) is 5.92 Å². The van der Waals surface area contributed by atoms with E-state index in [0.29, 0.717) is 30.1 Å². The summed E-state index contributed by atoms with van der Waals surface area (Å²) >= 11 is 0. The van der Waals surface area contributed by atoms with Crippen LogP contribution in [0.1, 0.15) is 30.6 Å². The van der Waals surface area contributed by atoms with E-state index in [-0.39, 0.29) is 24.2 Å². The third-order valence-electron chi connectivity index (χ3n) is 4.53. The van der Waals surface area contributed by atoms with Gasteiger partial charge < -0.3 is 0 Å². The van der Waals surface area contributed by atoms with E-state index in [9.17, 15) is 18.0 Å². The number of rotatable bonds is 5. The zero-order valence-electron chi connectivity index (χ0n) is 13.9. The van der Waals surface area contributed by atoms with E-state index in [4.69, 9.17) is 0 Å². The van der Waals surface area contributed by atoms with Crippen molar-refractivity contribution < 1.29 is 18.0 Å². The second kappa shape index (κ2) is 6.29. The number of anilines is 1. The topological polar surface area (TPSA) is 74.8 Å². The molecular weight excluding hydrogens is 328 g/mol. The molecule has 0 saturated carbocycles. The molecule has 130 valence electrons. The van der Waals surface area contributed by atoms with E-state index in [0.717, 1.165) is 0 Å². The van der Waals surface area contributed by atoms with Crippen LogP contribution in [-0.4, -0.2) is 55.8 Å². The molecule has 2 heterocycles. The molecule has 0 bridgehead atoms. The first-order valence-electron chi connectivity index (χ1n) is 8.18. The summed E-state index contributed by atoms with van der Waals surface area (Å²) in [5.41, 5.74) is 1.04. The number of Topliss-reactive ketones (excluding diaryl/α,β-unsaturated/α-hetero) is 1. The number of ketones is 1. The van der Waals surface area contributed by atoms with Gasteiger partial charge in [0.05, 0.1) is 29.4 Å². The molecule has 1 atom stereocenters. The quantitative estimate of drug-likeness (QED) is 0.749. The number of para-hydroxylation sites is 1. The minimum absolute atomic E-state index is 0.104. The molecule has 6 nitrogen and oxygen atoms in total. The Morgan fingerprint density at radius 2 is 1.96 bits per heavy atom. The van der Waals surface area contributed by atoms with Crippen LogP contribution >= 0.6 is 0 Å². The van der Waals surface area contributed by atoms with Crippen molar-refractivity contribution in [2.75, 3.05) is 29.6 Å². The average Bonchev–Trinajstić information content (AvgIpc) is 2.99. The molecule has 1 unspecified atom stereocenters. The fourth-order valence-electron chi connectivity index (χ4n) is 3.42. The van der Waals surface area contributed by atoms with Crippen LogP contribution in [-0.2, 0) is 14.6 Å². The van der Waals surface area contributed by atoms with E-state index < -0.39 is 21.5 Å². The lowest BCUT2D eigenvalue weighted by molar-refractivity contribution is -0.114. The molecule has 1 amide bonds. The third kappa shape index (κ3) is 3.23. The molecule has 24 heavy (non-hydrogen) atoms. The summed E-state index contributed by atoms with van der Waals surface area (Å²) in [6, 6.07) is 6.85. The number of hydrogen-bond acceptors (Lipinski definition) is 5. The number of nitrogens with zero attached hydrogens (tertiary/aromatic N) is 2. The molecule has 0 aromatic heterocycles. The van der Waals surface area contributed by atoms with Gasteiger partial charge in [-0.3, -0.25) is 19.4 Å². The van der Waals surface area contributed by atoms with Crippen LogP contribution in [0.3, 0.4) is 0 Å². The van der Waals surface area contributed by atoms with E-state index in [1.165, 1.54) is 4.90 Å². The minimum Gasteiger partial charge on any atom is -0.291 e. The van der Waals surface area contributed by atoms with Gasteiger partial charge in [-0.25, -0.2) is 8.42 Å². The number of fused-ring (bicyclic) bond motifs is 1. The molecule has 1 fully saturated rings. The standard InChI is InChI=1S/C17H22N2O4S/c1-12(2)9-18(13-7-8-24(22,23)10-13)11-19-15-6-4-3-5-14(15)16(20)17(19)21/h3-6,12-13H,7-11H2,1-2H3. The third-order valence-corrected chi connectivity index (χ3v) is 6.28. The predicted molar refractivity (Wildman–Crippen MR) is 91.7 cm³/mol. The van der Waals surface area contributed by atoms with Gasteiger partial charge in [-0.15, -0.1) is 0 Å². The van der Waals surface area contributed by atoms with Gasteiger partial charge in [-0.05, 0) is 24.5 Å². The van der Waals surface area contributed by atoms with E-state index >= 15 is 0 Å². The molecule has 0 N–H and O–H groups in total. The van der Waals surface area contributed by atoms with Gasteiger partial charge in [0.15, 0.2) is 9.84 Å². The Labute approximate surface area is 142 Å². The van der Waals surface area contributed by atoms with E-state index in [1.807, 2.05) is 4.90 Å². The maximum Gasteiger partial charge on any atom is 0.300 e. The van der Waals surface area contributed by atoms with Gasteiger partial charge in [0.2, 0.25) is 0 Å². The molecule has 1 aromatic carbocycles. The zero-order valence-corrected chi connectivity index (χ0v) is 14.8. The highest BCUT2D eigenvalue weighted by Gasteiger charge is 2.39. The minimum atomic E-state index is -3.01. The number of sulfone groups is 1. The first-order chi connectivity index (χ1) is 11.3. The van der Waals surface area contributed by atoms with Crippen molar-refractivity contribution in [3.8, 4) is 0 Å². The van der Waals surface area contributed by atoms with Gasteiger partial charge in [-0.1, -0.05) is 26.0 Å². The Bertz CT molecular complexity index is 773. The summed E-state index contributed by atoms with van der Waals surface area (Å²) in [6.07, 6.45) is 0.576. The number of carbonyl (C=O) groups excluding carboxylic acids is 2. The van der Waals surface area contributed by atoms with Crippen molar-refractivity contribution in [1.29, 1.82) is 0 Å². The first-order valence-corrected chi connectivity index (χ1v) is 10.0. The zero-order chi connectivity index (χ0) is 17.5. The fourth-order valence-corrected chi connectivity index (χ4v) is 5.19. The van der Waals surface area contributed by atoms with Crippen molar-refractivity contribution >= 4 is 27.2 Å². The summed E-state index contributed by atoms with van der Waals surface area (Å²) in [6.45, 7) is 5.04. The fraction of sp³-hybridized carbons (Fsp3) is 0.529. The van der Waals surface area contributed by atoms with Crippen LogP contribution < -0.4 is 4.90 Å². The predicted octanol–water partition coefficient (Wildman–Crippen LogP) is 1.32. The summed E-state index contributed by atoms with van der Waals surface area (Å²) in [4.78, 5) is 28.0. The van der Waals surface area contributed by atoms with Crippen LogP contribution in [0.2, 0.25) is 0 Å². The second-order valence-electron chi connectivity index (χ2n) is 6.94. The van der Waals surface area contributed by atoms with Crippen LogP contribution in [0, 0.1) is 5.92 Å². The highest BCUT2D eigenvalue weighted by molar-refractivity contribution is 7.91. The summed E-state index contributed by atoms with van der Waals surface area (Å²) in [7, 11) is -3.01. The smallest absolute Gasteiger partial charge is 0.291 e. The molecule has 1 saturated heterocycles. The van der Waals surface area contributed by atoms with Gasteiger partial charge >= 0.3 is 5.91 Å². The number of amides is 1. The van der Waals surface area contributed by atoms with Crippen LogP contribution in [0.4, 0.5) is 5.69 Å². The molecule has 3 rings (SSSR count). The molecule has 0 spiro atoms. The molecule has 2 aliphatic rings. The second-order valence-corrected chi connectivity index (χ2v) is 9.17. The molecular formula is C17H22N2O4S. The van der Waals surface area contributed by atoms with Crippen LogP contribution in [0.15, 0.2) is 24.3 Å². The SMILES string of the molecule is CC(C)CN(CN1C(=O)C(=O)c2ccccc21)C1CCS(=O)(=O)C1. The molecule has 2 aliphatic heterocycles. The van der Waals surface area contributed by atoms with Crippen LogP contribution in [0.25, 0.3) is 0 Å². The largest absolute Gasteiger partial charge is 0.300 e. The number of carbonyl (C=O) groups is 2. The van der Waals surface area contributed by atoms with Crippen LogP contribution in [0.5, 0.6) is 0 Å². The molecule has 0 aliphatic carbocycles. The van der Waals surface area contributed by atoms with Crippen molar-refractivity contribution in [2.45, 2.75) is 26.3 Å². The summed E-state index contributed by atoms with van der Waals surface area (Å²) < 4.78 is 23.6. The summed E-state index contributed by atoms with van der Waals surface area (Å²) in [5, 5.41) is 0. The number of benzene rings is 1. The molecule has 1 aromatic rings. The first kappa shape index (κ1) is 17.1. The highest BCUT2D eigenvalue weighted by atomic mass is 32.2. The summed E-state index contributed by atoms with van der Waals surface area (Å²) in [5.74, 6) is -0.385. The van der Waals surface area contributed by atoms with Gasteiger partial charge in [0.1, 0.15) is 0 Å². The van der Waals surface area contributed by atoms with E-state index in [1.54, 1.807) is 24.3 Å². The van der Waals surface area contributed by atoms with Gasteiger partial charge in [-0.2, -0.15) is 0 Å². The Morgan fingerprint density at radius 3 is 2.58 bits per heavy atom. The Hall–Kier alpha value is -1.73. The van der Waals surface area contributed by atoms with Gasteiger partial charge in [0, 0.05) is 12.6 Å². The average molecular weight is 350 g/mol. The normalized spacial score (nSPS) is 22.7. The van der Waals surface area contributed by atoms with E-state index in [2.05, 4.69) is 13.8 Å². The van der Waals surface area contributed by atoms with Gasteiger partial charge in [0.25, 0.3) is 5.78 Å². The lowest BCUT2D eigenvalue weighted by atomic mass is 10.1. The van der Waals surface area contributed by atoms with Crippen molar-refractivity contribution in [3.63, 3.8) is 0 Å².